The van der Waals surface area contributed by atoms with Gasteiger partial charge in [-0.15, -0.1) is 0 Å². The van der Waals surface area contributed by atoms with Crippen LogP contribution < -0.4 is 4.90 Å². The molecule has 7 nitrogen and oxygen atoms in total. The van der Waals surface area contributed by atoms with E-state index in [0.29, 0.717) is 10.9 Å². The number of fused-ring (bicyclic) bond motifs is 1. The van der Waals surface area contributed by atoms with Gasteiger partial charge in [0.1, 0.15) is 0 Å². The molecule has 2 aliphatic heterocycles. The van der Waals surface area contributed by atoms with Crippen LogP contribution in [0.25, 0.3) is 33.4 Å². The van der Waals surface area contributed by atoms with Crippen LogP contribution in [0, 0.1) is 6.92 Å². The Morgan fingerprint density at radius 3 is 2.24 bits per heavy atom. The third-order valence-corrected chi connectivity index (χ3v) is 9.20. The van der Waals surface area contributed by atoms with E-state index in [1.54, 1.807) is 12.1 Å². The summed E-state index contributed by atoms with van der Waals surface area (Å²) >= 11 is 0. The van der Waals surface area contributed by atoms with Crippen molar-refractivity contribution in [2.24, 2.45) is 7.05 Å². The molecule has 38 heavy (non-hydrogen) atoms. The molecule has 198 valence electrons. The van der Waals surface area contributed by atoms with Crippen LogP contribution in [0.1, 0.15) is 12.1 Å². The van der Waals surface area contributed by atoms with Crippen molar-refractivity contribution in [2.45, 2.75) is 24.3 Å². The van der Waals surface area contributed by atoms with Crippen molar-refractivity contribution in [1.29, 1.82) is 0 Å². The van der Waals surface area contributed by atoms with Gasteiger partial charge in [0, 0.05) is 80.2 Å². The molecule has 0 N–H and O–H groups in total. The second kappa shape index (κ2) is 9.84. The molecule has 1 atom stereocenters. The lowest BCUT2D eigenvalue weighted by molar-refractivity contribution is 0.139. The number of hydrogen-bond acceptors (Lipinski definition) is 6. The summed E-state index contributed by atoms with van der Waals surface area (Å²) in [6.07, 6.45) is 2.39. The molecule has 0 spiro atoms. The number of aromatic nitrogens is 2. The number of hydrogen-bond donors (Lipinski definition) is 0. The highest BCUT2D eigenvalue weighted by atomic mass is 32.2. The first-order valence-corrected chi connectivity index (χ1v) is 15.1. The van der Waals surface area contributed by atoms with Crippen molar-refractivity contribution in [3.8, 4) is 22.5 Å². The molecule has 2 fully saturated rings. The normalized spacial score (nSPS) is 18.9. The molecule has 0 saturated carbocycles. The van der Waals surface area contributed by atoms with E-state index in [1.807, 2.05) is 26.1 Å². The molecule has 4 heterocycles. The van der Waals surface area contributed by atoms with Crippen LogP contribution in [0.15, 0.2) is 65.6 Å². The highest BCUT2D eigenvalue weighted by Crippen LogP contribution is 2.32. The number of benzene rings is 2. The van der Waals surface area contributed by atoms with Gasteiger partial charge in [-0.25, -0.2) is 8.42 Å². The van der Waals surface area contributed by atoms with Gasteiger partial charge < -0.3 is 14.2 Å². The molecule has 6 rings (SSSR count). The van der Waals surface area contributed by atoms with Crippen LogP contribution in [0.3, 0.4) is 0 Å². The molecular weight excluding hydrogens is 496 g/mol. The summed E-state index contributed by atoms with van der Waals surface area (Å²) < 4.78 is 31.4. The van der Waals surface area contributed by atoms with E-state index >= 15 is 0 Å². The maximum atomic E-state index is 11.9. The number of ether oxygens (including phenoxy) is 1. The van der Waals surface area contributed by atoms with Crippen molar-refractivity contribution in [1.82, 2.24) is 14.5 Å². The summed E-state index contributed by atoms with van der Waals surface area (Å²) in [6, 6.07) is 20.7. The fraction of sp³-hybridized carbons (Fsp3) is 0.367. The number of nitrogens with zero attached hydrogens (tertiary/aromatic N) is 4. The van der Waals surface area contributed by atoms with Crippen molar-refractivity contribution in [3.63, 3.8) is 0 Å². The van der Waals surface area contributed by atoms with Gasteiger partial charge in [0.25, 0.3) is 0 Å². The standard InChI is InChI=1S/C30H34N4O3S/c1-21-27-18-29(23-6-10-26(11-7-23)38(3,35)36)32(2)30(27)19-28(31-21)22-4-8-24(9-5-22)33-13-15-34(16-14-33)25-12-17-37-20-25/h4-11,18-19,25H,12-17,20H2,1-3H3. The molecule has 0 amide bonds. The minimum absolute atomic E-state index is 0.328. The van der Waals surface area contributed by atoms with Gasteiger partial charge in [-0.1, -0.05) is 24.3 Å². The molecule has 1 unspecified atom stereocenters. The zero-order chi connectivity index (χ0) is 26.4. The highest BCUT2D eigenvalue weighted by Gasteiger charge is 2.26. The van der Waals surface area contributed by atoms with Gasteiger partial charge in [-0.2, -0.15) is 0 Å². The van der Waals surface area contributed by atoms with Crippen molar-refractivity contribution < 1.29 is 13.2 Å². The Bertz CT molecular complexity index is 1560. The van der Waals surface area contributed by atoms with E-state index in [2.05, 4.69) is 50.8 Å². The van der Waals surface area contributed by atoms with E-state index in [1.165, 1.54) is 11.9 Å². The molecule has 0 radical (unpaired) electrons. The second-order valence-corrected chi connectivity index (χ2v) is 12.5. The fourth-order valence-corrected chi connectivity index (χ4v) is 6.41. The van der Waals surface area contributed by atoms with E-state index in [0.717, 1.165) is 84.9 Å². The monoisotopic (exact) mass is 530 g/mol. The van der Waals surface area contributed by atoms with Crippen LogP contribution in [0.4, 0.5) is 5.69 Å². The number of rotatable bonds is 5. The second-order valence-electron chi connectivity index (χ2n) is 10.5. The lowest BCUT2D eigenvalue weighted by atomic mass is 10.1. The zero-order valence-electron chi connectivity index (χ0n) is 22.2. The van der Waals surface area contributed by atoms with Crippen LogP contribution in [0.2, 0.25) is 0 Å². The topological polar surface area (TPSA) is 67.7 Å². The Morgan fingerprint density at radius 1 is 0.921 bits per heavy atom. The van der Waals surface area contributed by atoms with Crippen molar-refractivity contribution in [2.75, 3.05) is 50.5 Å². The third-order valence-electron chi connectivity index (χ3n) is 8.07. The minimum atomic E-state index is -3.22. The first-order valence-electron chi connectivity index (χ1n) is 13.2. The molecular formula is C30H34N4O3S. The maximum Gasteiger partial charge on any atom is 0.175 e. The SMILES string of the molecule is Cc1nc(-c2ccc(N3CCN(C4CCOC4)CC3)cc2)cc2c1cc(-c1ccc(S(C)(=O)=O)cc1)n2C. The first-order chi connectivity index (χ1) is 18.3. The van der Waals surface area contributed by atoms with E-state index in [-0.39, 0.29) is 0 Å². The summed E-state index contributed by atoms with van der Waals surface area (Å²) in [7, 11) is -1.18. The predicted molar refractivity (Wildman–Crippen MR) is 152 cm³/mol. The Morgan fingerprint density at radius 2 is 1.61 bits per heavy atom. The first kappa shape index (κ1) is 25.1. The average Bonchev–Trinajstić information content (AvgIpc) is 3.58. The zero-order valence-corrected chi connectivity index (χ0v) is 23.0. The Kier molecular flexibility index (Phi) is 6.50. The highest BCUT2D eigenvalue weighted by molar-refractivity contribution is 7.90. The summed E-state index contributed by atoms with van der Waals surface area (Å²) in [5.74, 6) is 0. The van der Waals surface area contributed by atoms with Crippen LogP contribution >= 0.6 is 0 Å². The molecule has 4 aromatic rings. The van der Waals surface area contributed by atoms with Crippen molar-refractivity contribution in [3.05, 3.63) is 66.4 Å². The number of pyridine rings is 1. The van der Waals surface area contributed by atoms with Crippen molar-refractivity contribution >= 4 is 26.4 Å². The fourth-order valence-electron chi connectivity index (χ4n) is 5.78. The lowest BCUT2D eigenvalue weighted by Crippen LogP contribution is -2.50. The Hall–Kier alpha value is -3.20. The van der Waals surface area contributed by atoms with E-state index < -0.39 is 9.84 Å². The number of piperazine rings is 1. The minimum Gasteiger partial charge on any atom is -0.380 e. The summed E-state index contributed by atoms with van der Waals surface area (Å²) in [5, 5.41) is 1.10. The van der Waals surface area contributed by atoms with Gasteiger partial charge in [-0.3, -0.25) is 9.88 Å². The van der Waals surface area contributed by atoms with Gasteiger partial charge in [0.2, 0.25) is 0 Å². The Labute approximate surface area is 224 Å². The molecule has 8 heteroatoms. The summed E-state index contributed by atoms with van der Waals surface area (Å²) in [6.45, 7) is 8.07. The van der Waals surface area contributed by atoms with Gasteiger partial charge >= 0.3 is 0 Å². The van der Waals surface area contributed by atoms with Crippen LogP contribution in [-0.2, 0) is 21.6 Å². The quantitative estimate of drug-likeness (QED) is 0.378. The number of aryl methyl sites for hydroxylation is 2. The molecule has 2 aliphatic rings. The largest absolute Gasteiger partial charge is 0.380 e. The summed E-state index contributed by atoms with van der Waals surface area (Å²) in [5.41, 5.74) is 7.39. The van der Waals surface area contributed by atoms with Gasteiger partial charge in [0.15, 0.2) is 9.84 Å². The molecule has 2 aromatic heterocycles. The molecule has 0 bridgehead atoms. The third kappa shape index (κ3) is 4.72. The average molecular weight is 531 g/mol. The predicted octanol–water partition coefficient (Wildman–Crippen LogP) is 4.53. The number of sulfone groups is 1. The van der Waals surface area contributed by atoms with Crippen LogP contribution in [0.5, 0.6) is 0 Å². The molecule has 2 saturated heterocycles. The smallest absolute Gasteiger partial charge is 0.175 e. The van der Waals surface area contributed by atoms with E-state index in [4.69, 9.17) is 9.72 Å². The number of anilines is 1. The Balaban J connectivity index is 1.23. The maximum absolute atomic E-state index is 11.9. The lowest BCUT2D eigenvalue weighted by Gasteiger charge is -2.38. The summed E-state index contributed by atoms with van der Waals surface area (Å²) in [4.78, 5) is 10.3. The van der Waals surface area contributed by atoms with Gasteiger partial charge in [0.05, 0.1) is 22.7 Å². The van der Waals surface area contributed by atoms with Gasteiger partial charge in [-0.05, 0) is 55.3 Å². The van der Waals surface area contributed by atoms with E-state index in [9.17, 15) is 8.42 Å². The molecule has 0 aliphatic carbocycles. The molecule has 2 aromatic carbocycles. The van der Waals surface area contributed by atoms with Crippen LogP contribution in [-0.4, -0.2) is 74.6 Å².